The van der Waals surface area contributed by atoms with Crippen LogP contribution in [-0.4, -0.2) is 19.6 Å². The van der Waals surface area contributed by atoms with Crippen molar-refractivity contribution < 1.29 is 14.3 Å². The molecule has 0 saturated heterocycles. The number of aryl methyl sites for hydroxylation is 1. The van der Waals surface area contributed by atoms with Gasteiger partial charge in [0.2, 0.25) is 5.91 Å². The second kappa shape index (κ2) is 9.28. The van der Waals surface area contributed by atoms with Gasteiger partial charge in [-0.3, -0.25) is 4.79 Å². The second-order valence-corrected chi connectivity index (χ2v) is 7.19. The quantitative estimate of drug-likeness (QED) is 0.709. The number of methoxy groups -OCH3 is 1. The van der Waals surface area contributed by atoms with Gasteiger partial charge in [-0.1, -0.05) is 19.9 Å². The lowest BCUT2D eigenvalue weighted by molar-refractivity contribution is -0.116. The number of hydrogen-bond donors (Lipinski definition) is 1. The number of nitrogens with one attached hydrogen (secondary N) is 1. The number of amides is 1. The number of hydrogen-bond acceptors (Lipinski definition) is 4. The van der Waals surface area contributed by atoms with Crippen molar-refractivity contribution in [3.8, 4) is 11.5 Å². The minimum atomic E-state index is -0.119. The molecule has 1 heterocycles. The minimum Gasteiger partial charge on any atom is -0.493 e. The number of carbonyl (C=O) groups excluding carboxylic acids is 1. The van der Waals surface area contributed by atoms with Crippen molar-refractivity contribution in [3.05, 3.63) is 51.7 Å². The maximum atomic E-state index is 12.0. The largest absolute Gasteiger partial charge is 0.493 e. The molecule has 0 bridgehead atoms. The zero-order valence-corrected chi connectivity index (χ0v) is 16.0. The van der Waals surface area contributed by atoms with Crippen LogP contribution in [0.3, 0.4) is 0 Å². The lowest BCUT2D eigenvalue weighted by Gasteiger charge is -2.12. The van der Waals surface area contributed by atoms with Crippen LogP contribution >= 0.6 is 11.3 Å². The average molecular weight is 359 g/mol. The molecule has 0 aliphatic heterocycles. The lowest BCUT2D eigenvalue weighted by Crippen LogP contribution is -2.19. The maximum absolute atomic E-state index is 12.0. The Hall–Kier alpha value is -2.27. The number of benzene rings is 1. The molecule has 0 atom stereocenters. The first kappa shape index (κ1) is 19.1. The van der Waals surface area contributed by atoms with Crippen molar-refractivity contribution in [1.29, 1.82) is 0 Å². The fourth-order valence-corrected chi connectivity index (χ4v) is 2.99. The van der Waals surface area contributed by atoms with E-state index in [9.17, 15) is 4.79 Å². The molecule has 2 aromatic rings. The van der Waals surface area contributed by atoms with Gasteiger partial charge in [-0.05, 0) is 53.6 Å². The fourth-order valence-electron chi connectivity index (χ4n) is 2.15. The predicted octanol–water partition coefficient (Wildman–Crippen LogP) is 4.43. The zero-order valence-electron chi connectivity index (χ0n) is 15.2. The highest BCUT2D eigenvalue weighted by Crippen LogP contribution is 2.29. The molecule has 0 radical (unpaired) electrons. The van der Waals surface area contributed by atoms with E-state index in [1.54, 1.807) is 24.5 Å². The van der Waals surface area contributed by atoms with Crippen LogP contribution in [0.25, 0.3) is 6.08 Å². The molecule has 0 fully saturated rings. The van der Waals surface area contributed by atoms with Crippen LogP contribution in [0.5, 0.6) is 11.5 Å². The summed E-state index contributed by atoms with van der Waals surface area (Å²) in [5.74, 6) is 1.70. The van der Waals surface area contributed by atoms with Crippen LogP contribution in [0, 0.1) is 12.8 Å². The van der Waals surface area contributed by atoms with Crippen molar-refractivity contribution in [2.45, 2.75) is 27.3 Å². The summed E-state index contributed by atoms with van der Waals surface area (Å²) in [6.45, 7) is 7.43. The molecule has 0 aliphatic rings. The van der Waals surface area contributed by atoms with E-state index in [1.165, 1.54) is 16.5 Å². The van der Waals surface area contributed by atoms with E-state index in [2.05, 4.69) is 25.2 Å². The number of rotatable bonds is 8. The van der Waals surface area contributed by atoms with Gasteiger partial charge in [0, 0.05) is 11.0 Å². The molecule has 5 heteroatoms. The van der Waals surface area contributed by atoms with Gasteiger partial charge in [0.15, 0.2) is 11.5 Å². The minimum absolute atomic E-state index is 0.119. The van der Waals surface area contributed by atoms with Gasteiger partial charge < -0.3 is 14.8 Å². The highest BCUT2D eigenvalue weighted by Gasteiger charge is 2.06. The molecular weight excluding hydrogens is 334 g/mol. The van der Waals surface area contributed by atoms with Gasteiger partial charge in [0.25, 0.3) is 0 Å². The molecule has 1 amide bonds. The smallest absolute Gasteiger partial charge is 0.244 e. The highest BCUT2D eigenvalue weighted by molar-refractivity contribution is 7.10. The van der Waals surface area contributed by atoms with Crippen molar-refractivity contribution in [2.24, 2.45) is 5.92 Å². The van der Waals surface area contributed by atoms with Crippen molar-refractivity contribution in [3.63, 3.8) is 0 Å². The van der Waals surface area contributed by atoms with Crippen LogP contribution < -0.4 is 14.8 Å². The summed E-state index contributed by atoms with van der Waals surface area (Å²) in [6, 6.07) is 7.69. The molecule has 0 saturated carbocycles. The first-order valence-corrected chi connectivity index (χ1v) is 9.17. The molecule has 0 spiro atoms. The summed E-state index contributed by atoms with van der Waals surface area (Å²) in [4.78, 5) is 13.1. The third-order valence-corrected chi connectivity index (χ3v) is 4.60. The van der Waals surface area contributed by atoms with E-state index in [1.807, 2.05) is 30.5 Å². The molecule has 1 aromatic carbocycles. The van der Waals surface area contributed by atoms with Crippen LogP contribution in [0.15, 0.2) is 35.7 Å². The summed E-state index contributed by atoms with van der Waals surface area (Å²) in [6.07, 6.45) is 3.30. The first-order valence-electron chi connectivity index (χ1n) is 8.29. The van der Waals surface area contributed by atoms with E-state index in [-0.39, 0.29) is 5.91 Å². The molecule has 0 unspecified atom stereocenters. The number of ether oxygens (including phenoxy) is 2. The van der Waals surface area contributed by atoms with E-state index in [0.717, 1.165) is 5.56 Å². The molecule has 1 aromatic heterocycles. The van der Waals surface area contributed by atoms with Gasteiger partial charge in [0.1, 0.15) is 0 Å². The Labute approximate surface area is 153 Å². The average Bonchev–Trinajstić information content (AvgIpc) is 3.01. The SMILES string of the molecule is COc1cc(/C=C/C(=O)NCc2sccc2C)ccc1OCC(C)C. The summed E-state index contributed by atoms with van der Waals surface area (Å²) in [5, 5.41) is 4.93. The Morgan fingerprint density at radius 1 is 1.28 bits per heavy atom. The Morgan fingerprint density at radius 3 is 2.72 bits per heavy atom. The van der Waals surface area contributed by atoms with E-state index >= 15 is 0 Å². The normalized spacial score (nSPS) is 11.1. The Balaban J connectivity index is 1.95. The maximum Gasteiger partial charge on any atom is 0.244 e. The number of thiophene rings is 1. The molecule has 134 valence electrons. The van der Waals surface area contributed by atoms with E-state index in [0.29, 0.717) is 30.6 Å². The van der Waals surface area contributed by atoms with Gasteiger partial charge in [-0.15, -0.1) is 11.3 Å². The van der Waals surface area contributed by atoms with Crippen molar-refractivity contribution in [2.75, 3.05) is 13.7 Å². The third-order valence-electron chi connectivity index (χ3n) is 3.58. The van der Waals surface area contributed by atoms with Crippen LogP contribution in [0.2, 0.25) is 0 Å². The molecule has 4 nitrogen and oxygen atoms in total. The predicted molar refractivity (Wildman–Crippen MR) is 103 cm³/mol. The lowest BCUT2D eigenvalue weighted by atomic mass is 10.2. The fraction of sp³-hybridized carbons (Fsp3) is 0.350. The molecule has 0 aliphatic carbocycles. The van der Waals surface area contributed by atoms with Crippen molar-refractivity contribution in [1.82, 2.24) is 5.32 Å². The van der Waals surface area contributed by atoms with Gasteiger partial charge in [0.05, 0.1) is 20.3 Å². The van der Waals surface area contributed by atoms with E-state index < -0.39 is 0 Å². The Kier molecular flexibility index (Phi) is 7.07. The summed E-state index contributed by atoms with van der Waals surface area (Å²) >= 11 is 1.65. The van der Waals surface area contributed by atoms with Gasteiger partial charge >= 0.3 is 0 Å². The molecule has 25 heavy (non-hydrogen) atoms. The third kappa shape index (κ3) is 5.94. The number of carbonyl (C=O) groups is 1. The Bertz CT molecular complexity index is 734. The van der Waals surface area contributed by atoms with Crippen LogP contribution in [-0.2, 0) is 11.3 Å². The monoisotopic (exact) mass is 359 g/mol. The Morgan fingerprint density at radius 2 is 2.08 bits per heavy atom. The molecule has 2 rings (SSSR count). The van der Waals surface area contributed by atoms with Crippen molar-refractivity contribution >= 4 is 23.3 Å². The summed E-state index contributed by atoms with van der Waals surface area (Å²) in [7, 11) is 1.61. The van der Waals surface area contributed by atoms with Crippen LogP contribution in [0.1, 0.15) is 29.9 Å². The molecular formula is C20H25NO3S. The first-order chi connectivity index (χ1) is 12.0. The molecule has 1 N–H and O–H groups in total. The van der Waals surface area contributed by atoms with Gasteiger partial charge in [-0.25, -0.2) is 0 Å². The standard InChI is InChI=1S/C20H25NO3S/c1-14(2)13-24-17-7-5-16(11-18(17)23-4)6-8-20(22)21-12-19-15(3)9-10-25-19/h5-11,14H,12-13H2,1-4H3,(H,21,22)/b8-6+. The zero-order chi connectivity index (χ0) is 18.2. The highest BCUT2D eigenvalue weighted by atomic mass is 32.1. The van der Waals surface area contributed by atoms with Crippen LogP contribution in [0.4, 0.5) is 0 Å². The summed E-state index contributed by atoms with van der Waals surface area (Å²) < 4.78 is 11.1. The second-order valence-electron chi connectivity index (χ2n) is 6.19. The topological polar surface area (TPSA) is 47.6 Å². The van der Waals surface area contributed by atoms with E-state index in [4.69, 9.17) is 9.47 Å². The van der Waals surface area contributed by atoms with Gasteiger partial charge in [-0.2, -0.15) is 0 Å². The summed E-state index contributed by atoms with van der Waals surface area (Å²) in [5.41, 5.74) is 2.09.